The zero-order valence-corrected chi connectivity index (χ0v) is 24.8. The maximum atomic E-state index is 10.1. The first kappa shape index (κ1) is 44.2. The molecule has 0 aromatic carbocycles. The van der Waals surface area contributed by atoms with E-state index in [9.17, 15) is 4.79 Å². The topological polar surface area (TPSA) is 26.3 Å². The molecule has 0 aliphatic carbocycles. The number of rotatable bonds is 11. The third-order valence-corrected chi connectivity index (χ3v) is 3.08. The van der Waals surface area contributed by atoms with E-state index in [1.165, 1.54) is 90.4 Å². The molecule has 196 valence electrons. The van der Waals surface area contributed by atoms with E-state index in [1.807, 2.05) is 27.7 Å². The molecule has 0 unspecified atom stereocenters. The lowest BCUT2D eigenvalue weighted by Gasteiger charge is -2.02. The van der Waals surface area contributed by atoms with Crippen LogP contribution in [-0.4, -0.2) is 12.6 Å². The van der Waals surface area contributed by atoms with Crippen molar-refractivity contribution in [3.63, 3.8) is 0 Å². The summed E-state index contributed by atoms with van der Waals surface area (Å²) in [5.41, 5.74) is 0. The van der Waals surface area contributed by atoms with Gasteiger partial charge in [0, 0.05) is 6.92 Å². The maximum absolute atomic E-state index is 10.1. The molecule has 0 aromatic rings. The number of unbranched alkanes of at least 4 members (excludes halogenated alkanes) is 9. The van der Waals surface area contributed by atoms with Crippen molar-refractivity contribution in [2.45, 2.75) is 173 Å². The SMILES string of the molecule is CC.CC(=O)OCC(C)C.CCC.CCC.CCC.CCCCCCCCCCCC. The van der Waals surface area contributed by atoms with Gasteiger partial charge in [0.15, 0.2) is 0 Å². The van der Waals surface area contributed by atoms with Gasteiger partial charge in [-0.2, -0.15) is 0 Å². The van der Waals surface area contributed by atoms with E-state index in [2.05, 4.69) is 60.1 Å². The molecule has 0 saturated carbocycles. The minimum absolute atomic E-state index is 0.196. The third kappa shape index (κ3) is 123. The quantitative estimate of drug-likeness (QED) is 0.232. The minimum atomic E-state index is -0.196. The van der Waals surface area contributed by atoms with Crippen molar-refractivity contribution in [3.8, 4) is 0 Å². The second kappa shape index (κ2) is 57.0. The Labute approximate surface area is 201 Å². The molecule has 2 heteroatoms. The summed E-state index contributed by atoms with van der Waals surface area (Å²) in [6, 6.07) is 0. The predicted octanol–water partition coefficient (Wildman–Crippen LogP) is 11.4. The molecule has 31 heavy (non-hydrogen) atoms. The van der Waals surface area contributed by atoms with Gasteiger partial charge in [-0.25, -0.2) is 0 Å². The van der Waals surface area contributed by atoms with Crippen molar-refractivity contribution in [3.05, 3.63) is 0 Å². The lowest BCUT2D eigenvalue weighted by molar-refractivity contribution is -0.141. The van der Waals surface area contributed by atoms with E-state index in [0.717, 1.165) is 0 Å². The number of carbonyl (C=O) groups is 1. The van der Waals surface area contributed by atoms with Gasteiger partial charge in [-0.05, 0) is 5.92 Å². The van der Waals surface area contributed by atoms with Crippen molar-refractivity contribution in [2.75, 3.05) is 6.61 Å². The molecule has 0 saturated heterocycles. The zero-order valence-electron chi connectivity index (χ0n) is 24.8. The van der Waals surface area contributed by atoms with Crippen LogP contribution >= 0.6 is 0 Å². The second-order valence-electron chi connectivity index (χ2n) is 8.15. The van der Waals surface area contributed by atoms with Crippen LogP contribution in [0, 0.1) is 5.92 Å². The van der Waals surface area contributed by atoms with E-state index in [0.29, 0.717) is 12.5 Å². The summed E-state index contributed by atoms with van der Waals surface area (Å²) in [6.45, 7) is 27.3. The van der Waals surface area contributed by atoms with Crippen LogP contribution in [0.5, 0.6) is 0 Å². The molecule has 0 bridgehead atoms. The van der Waals surface area contributed by atoms with Gasteiger partial charge in [-0.15, -0.1) is 0 Å². The molecule has 0 aromatic heterocycles. The highest BCUT2D eigenvalue weighted by Crippen LogP contribution is 2.09. The maximum Gasteiger partial charge on any atom is 0.302 e. The Morgan fingerprint density at radius 1 is 0.581 bits per heavy atom. The Balaban J connectivity index is -0.0000000708. The summed E-state index contributed by atoms with van der Waals surface area (Å²) in [5.74, 6) is 0.248. The smallest absolute Gasteiger partial charge is 0.302 e. The summed E-state index contributed by atoms with van der Waals surface area (Å²) in [7, 11) is 0. The Morgan fingerprint density at radius 2 is 0.806 bits per heavy atom. The van der Waals surface area contributed by atoms with Gasteiger partial charge in [0.05, 0.1) is 6.61 Å². The summed E-state index contributed by atoms with van der Waals surface area (Å²) < 4.78 is 4.66. The van der Waals surface area contributed by atoms with Gasteiger partial charge in [-0.3, -0.25) is 4.79 Å². The van der Waals surface area contributed by atoms with Crippen LogP contribution in [-0.2, 0) is 9.53 Å². The molecule has 0 fully saturated rings. The Morgan fingerprint density at radius 3 is 0.935 bits per heavy atom. The lowest BCUT2D eigenvalue weighted by Crippen LogP contribution is -2.05. The number of esters is 1. The van der Waals surface area contributed by atoms with E-state index in [1.54, 1.807) is 0 Å². The first-order valence-electron chi connectivity index (χ1n) is 13.9. The normalized spacial score (nSPS) is 8.45. The van der Waals surface area contributed by atoms with Gasteiger partial charge in [-0.1, -0.05) is 167 Å². The van der Waals surface area contributed by atoms with Gasteiger partial charge < -0.3 is 4.74 Å². The monoisotopic (exact) mass is 449 g/mol. The van der Waals surface area contributed by atoms with Gasteiger partial charge in [0.1, 0.15) is 0 Å². The predicted molar refractivity (Wildman–Crippen MR) is 148 cm³/mol. The standard InChI is InChI=1S/C12H26.C6H12O2.3C3H8.C2H6/c1-3-5-7-9-11-12-10-8-6-4-2;1-5(2)4-8-6(3)7;3*1-3-2;1-2/h3-12H2,1-2H3;5H,4H2,1-3H3;3*3H2,1-2H3;1-2H3. The highest BCUT2D eigenvalue weighted by Gasteiger charge is 1.94. The molecule has 0 spiro atoms. The summed E-state index contributed by atoms with van der Waals surface area (Å²) >= 11 is 0. The number of carbonyl (C=O) groups excluding carboxylic acids is 1. The average molecular weight is 449 g/mol. The highest BCUT2D eigenvalue weighted by molar-refractivity contribution is 5.65. The Hall–Kier alpha value is -0.530. The van der Waals surface area contributed by atoms with Crippen molar-refractivity contribution >= 4 is 5.97 Å². The molecule has 0 N–H and O–H groups in total. The summed E-state index contributed by atoms with van der Waals surface area (Å²) in [6.07, 6.45) is 18.2. The third-order valence-electron chi connectivity index (χ3n) is 3.08. The molecule has 0 heterocycles. The van der Waals surface area contributed by atoms with Crippen LogP contribution in [0.2, 0.25) is 0 Å². The minimum Gasteiger partial charge on any atom is -0.466 e. The first-order chi connectivity index (χ1) is 14.8. The molecule has 0 atom stereocenters. The van der Waals surface area contributed by atoms with Gasteiger partial charge in [0.25, 0.3) is 0 Å². The Bertz CT molecular complexity index is 210. The molecule has 0 radical (unpaired) electrons. The first-order valence-corrected chi connectivity index (χ1v) is 13.9. The van der Waals surface area contributed by atoms with Crippen LogP contribution in [0.15, 0.2) is 0 Å². The van der Waals surface area contributed by atoms with Crippen LogP contribution in [0.25, 0.3) is 0 Å². The number of hydrogen-bond donors (Lipinski definition) is 0. The molecular weight excluding hydrogens is 380 g/mol. The van der Waals surface area contributed by atoms with E-state index in [4.69, 9.17) is 0 Å². The van der Waals surface area contributed by atoms with Crippen LogP contribution in [0.1, 0.15) is 173 Å². The molecule has 0 rings (SSSR count). The lowest BCUT2D eigenvalue weighted by atomic mass is 10.1. The summed E-state index contributed by atoms with van der Waals surface area (Å²) in [4.78, 5) is 10.1. The van der Waals surface area contributed by atoms with Crippen LogP contribution in [0.4, 0.5) is 0 Å². The van der Waals surface area contributed by atoms with E-state index >= 15 is 0 Å². The second-order valence-corrected chi connectivity index (χ2v) is 8.15. The van der Waals surface area contributed by atoms with E-state index < -0.39 is 0 Å². The highest BCUT2D eigenvalue weighted by atomic mass is 16.5. The largest absolute Gasteiger partial charge is 0.466 e. The number of ether oxygens (including phenoxy) is 1. The van der Waals surface area contributed by atoms with Gasteiger partial charge >= 0.3 is 5.97 Å². The zero-order chi connectivity index (χ0) is 25.8. The average Bonchev–Trinajstić information content (AvgIpc) is 2.72. The fourth-order valence-electron chi connectivity index (χ4n) is 1.84. The van der Waals surface area contributed by atoms with Crippen LogP contribution in [0.3, 0.4) is 0 Å². The van der Waals surface area contributed by atoms with Crippen LogP contribution < -0.4 is 0 Å². The fourth-order valence-corrected chi connectivity index (χ4v) is 1.84. The van der Waals surface area contributed by atoms with Crippen molar-refractivity contribution in [1.29, 1.82) is 0 Å². The summed E-state index contributed by atoms with van der Waals surface area (Å²) in [5, 5.41) is 0. The van der Waals surface area contributed by atoms with Crippen molar-refractivity contribution in [2.24, 2.45) is 5.92 Å². The van der Waals surface area contributed by atoms with Crippen molar-refractivity contribution < 1.29 is 9.53 Å². The molecule has 0 aliphatic rings. The molecule has 0 amide bonds. The van der Waals surface area contributed by atoms with Crippen molar-refractivity contribution in [1.82, 2.24) is 0 Å². The fraction of sp³-hybridized carbons (Fsp3) is 0.966. The van der Waals surface area contributed by atoms with Gasteiger partial charge in [0.2, 0.25) is 0 Å². The number of hydrogen-bond acceptors (Lipinski definition) is 2. The molecular formula is C29H68O2. The molecule has 2 nitrogen and oxygen atoms in total. The van der Waals surface area contributed by atoms with E-state index in [-0.39, 0.29) is 5.97 Å². The molecule has 0 aliphatic heterocycles. The Kier molecular flexibility index (Phi) is 81.3.